The number of methoxy groups -OCH3 is 1. The molecule has 21 heavy (non-hydrogen) atoms. The summed E-state index contributed by atoms with van der Waals surface area (Å²) in [5.41, 5.74) is 2.82. The molecule has 1 N–H and O–H groups in total. The Morgan fingerprint density at radius 3 is 2.86 bits per heavy atom. The molecule has 0 spiro atoms. The van der Waals surface area contributed by atoms with Crippen LogP contribution in [-0.2, 0) is 9.53 Å². The molecule has 0 amide bonds. The minimum absolute atomic E-state index is 0.440. The summed E-state index contributed by atoms with van der Waals surface area (Å²) in [7, 11) is 1.59. The van der Waals surface area contributed by atoms with E-state index in [1.807, 2.05) is 6.08 Å². The van der Waals surface area contributed by atoms with Crippen molar-refractivity contribution in [3.63, 3.8) is 0 Å². The first-order valence-electron chi connectivity index (χ1n) is 7.72. The maximum absolute atomic E-state index is 11.1. The maximum Gasteiger partial charge on any atom is 0.151 e. The van der Waals surface area contributed by atoms with Crippen molar-refractivity contribution in [3.8, 4) is 0 Å². The standard InChI is InChI=1S/C18H27NO2/c1-4-5-6-7-9-16-10-8-11-18(21-3)17(14-20)13-19-15(2)12-16/h8,11-12,14,19H,2,4-7,9-10,13H2,1,3H3/b11-8-,16-12-,18-17-. The first kappa shape index (κ1) is 17.3. The topological polar surface area (TPSA) is 38.3 Å². The van der Waals surface area contributed by atoms with Crippen molar-refractivity contribution in [1.29, 1.82) is 0 Å². The van der Waals surface area contributed by atoms with Gasteiger partial charge in [0, 0.05) is 12.2 Å². The van der Waals surface area contributed by atoms with Crippen LogP contribution in [0.5, 0.6) is 0 Å². The molecule has 0 fully saturated rings. The molecule has 0 radical (unpaired) electrons. The molecule has 116 valence electrons. The minimum Gasteiger partial charge on any atom is -0.496 e. The number of hydrogen-bond donors (Lipinski definition) is 1. The molecule has 0 bridgehead atoms. The van der Waals surface area contributed by atoms with Gasteiger partial charge in [0.2, 0.25) is 0 Å². The lowest BCUT2D eigenvalue weighted by Crippen LogP contribution is -2.17. The second-order valence-corrected chi connectivity index (χ2v) is 5.31. The molecule has 0 aromatic carbocycles. The van der Waals surface area contributed by atoms with Crippen molar-refractivity contribution in [2.45, 2.75) is 45.4 Å². The van der Waals surface area contributed by atoms with Gasteiger partial charge >= 0.3 is 0 Å². The highest BCUT2D eigenvalue weighted by Crippen LogP contribution is 2.18. The fourth-order valence-corrected chi connectivity index (χ4v) is 2.33. The van der Waals surface area contributed by atoms with Gasteiger partial charge in [0.1, 0.15) is 5.76 Å². The molecule has 1 rings (SSSR count). The van der Waals surface area contributed by atoms with E-state index in [9.17, 15) is 4.79 Å². The van der Waals surface area contributed by atoms with E-state index in [1.54, 1.807) is 7.11 Å². The summed E-state index contributed by atoms with van der Waals surface area (Å²) >= 11 is 0. The van der Waals surface area contributed by atoms with Crippen molar-refractivity contribution in [3.05, 3.63) is 47.4 Å². The predicted octanol–water partition coefficient (Wildman–Crippen LogP) is 4.05. The zero-order valence-electron chi connectivity index (χ0n) is 13.3. The van der Waals surface area contributed by atoms with Gasteiger partial charge in [-0.1, -0.05) is 44.4 Å². The average molecular weight is 289 g/mol. The third kappa shape index (κ3) is 6.48. The first-order chi connectivity index (χ1) is 10.2. The Kier molecular flexibility index (Phi) is 8.25. The van der Waals surface area contributed by atoms with Crippen LogP contribution in [0.4, 0.5) is 0 Å². The molecule has 0 aromatic heterocycles. The molecule has 0 unspecified atom stereocenters. The number of aldehydes is 1. The fourth-order valence-electron chi connectivity index (χ4n) is 2.33. The molecular formula is C18H27NO2. The van der Waals surface area contributed by atoms with Crippen molar-refractivity contribution >= 4 is 6.29 Å². The van der Waals surface area contributed by atoms with E-state index in [0.29, 0.717) is 17.9 Å². The minimum atomic E-state index is 0.440. The molecule has 0 atom stereocenters. The summed E-state index contributed by atoms with van der Waals surface area (Å²) < 4.78 is 5.28. The van der Waals surface area contributed by atoms with Crippen LogP contribution in [0.25, 0.3) is 0 Å². The number of unbranched alkanes of at least 4 members (excludes halogenated alkanes) is 3. The second kappa shape index (κ2) is 10.0. The quantitative estimate of drug-likeness (QED) is 0.567. The summed E-state index contributed by atoms with van der Waals surface area (Å²) in [5.74, 6) is 0.623. The molecule has 1 aliphatic rings. The van der Waals surface area contributed by atoms with Gasteiger partial charge in [-0.05, 0) is 31.4 Å². The van der Waals surface area contributed by atoms with Gasteiger partial charge < -0.3 is 10.1 Å². The van der Waals surface area contributed by atoms with Gasteiger partial charge in [-0.2, -0.15) is 0 Å². The lowest BCUT2D eigenvalue weighted by atomic mass is 10.0. The van der Waals surface area contributed by atoms with E-state index in [0.717, 1.165) is 24.8 Å². The first-order valence-corrected chi connectivity index (χ1v) is 7.72. The monoisotopic (exact) mass is 289 g/mol. The Bertz CT molecular complexity index is 444. The van der Waals surface area contributed by atoms with Crippen molar-refractivity contribution in [1.82, 2.24) is 5.32 Å². The van der Waals surface area contributed by atoms with E-state index >= 15 is 0 Å². The van der Waals surface area contributed by atoms with Gasteiger partial charge in [0.15, 0.2) is 6.29 Å². The van der Waals surface area contributed by atoms with Gasteiger partial charge in [0.25, 0.3) is 0 Å². The summed E-state index contributed by atoms with van der Waals surface area (Å²) in [6.07, 6.45) is 13.9. The molecule has 0 aromatic rings. The smallest absolute Gasteiger partial charge is 0.151 e. The number of nitrogens with one attached hydrogen (secondary N) is 1. The Hall–Kier alpha value is -1.77. The third-order valence-corrected chi connectivity index (χ3v) is 3.56. The van der Waals surface area contributed by atoms with Crippen molar-refractivity contribution in [2.24, 2.45) is 0 Å². The van der Waals surface area contributed by atoms with E-state index < -0.39 is 0 Å². The summed E-state index contributed by atoms with van der Waals surface area (Å²) in [5, 5.41) is 3.18. The molecule has 3 nitrogen and oxygen atoms in total. The average Bonchev–Trinajstić information content (AvgIpc) is 2.49. The van der Waals surface area contributed by atoms with Crippen molar-refractivity contribution in [2.75, 3.05) is 13.7 Å². The molecule has 1 aliphatic heterocycles. The number of rotatable bonds is 7. The lowest BCUT2D eigenvalue weighted by Gasteiger charge is -2.13. The van der Waals surface area contributed by atoms with E-state index in [-0.39, 0.29) is 0 Å². The highest BCUT2D eigenvalue weighted by Gasteiger charge is 2.07. The lowest BCUT2D eigenvalue weighted by molar-refractivity contribution is -0.105. The Morgan fingerprint density at radius 2 is 2.19 bits per heavy atom. The zero-order chi connectivity index (χ0) is 15.5. The highest BCUT2D eigenvalue weighted by molar-refractivity contribution is 5.75. The molecule has 1 heterocycles. The fraction of sp³-hybridized carbons (Fsp3) is 0.500. The van der Waals surface area contributed by atoms with Crippen LogP contribution in [0, 0.1) is 0 Å². The molecule has 0 saturated heterocycles. The highest BCUT2D eigenvalue weighted by atomic mass is 16.5. The normalized spacial score (nSPS) is 23.7. The number of ether oxygens (including phenoxy) is 1. The Morgan fingerprint density at radius 1 is 1.38 bits per heavy atom. The number of allylic oxidation sites excluding steroid dienone is 4. The van der Waals surface area contributed by atoms with Crippen LogP contribution in [0.3, 0.4) is 0 Å². The van der Waals surface area contributed by atoms with Crippen LogP contribution in [0.15, 0.2) is 47.4 Å². The number of hydrogen-bond acceptors (Lipinski definition) is 3. The zero-order valence-corrected chi connectivity index (χ0v) is 13.3. The largest absolute Gasteiger partial charge is 0.496 e. The van der Waals surface area contributed by atoms with Crippen LogP contribution >= 0.6 is 0 Å². The Balaban J connectivity index is 2.75. The second-order valence-electron chi connectivity index (χ2n) is 5.31. The van der Waals surface area contributed by atoms with Crippen LogP contribution in [-0.4, -0.2) is 19.9 Å². The van der Waals surface area contributed by atoms with E-state index in [1.165, 1.54) is 31.3 Å². The van der Waals surface area contributed by atoms with Crippen LogP contribution in [0.1, 0.15) is 45.4 Å². The van der Waals surface area contributed by atoms with Crippen molar-refractivity contribution < 1.29 is 9.53 Å². The predicted molar refractivity (Wildman–Crippen MR) is 87.8 cm³/mol. The Labute approximate surface area is 128 Å². The van der Waals surface area contributed by atoms with Gasteiger partial charge in [0.05, 0.1) is 12.7 Å². The molecule has 0 aliphatic carbocycles. The molecule has 0 saturated carbocycles. The number of carbonyl (C=O) groups is 1. The molecular weight excluding hydrogens is 262 g/mol. The summed E-state index contributed by atoms with van der Waals surface area (Å²) in [4.78, 5) is 11.1. The van der Waals surface area contributed by atoms with Crippen LogP contribution in [0.2, 0.25) is 0 Å². The third-order valence-electron chi connectivity index (χ3n) is 3.56. The summed E-state index contributed by atoms with van der Waals surface area (Å²) in [6, 6.07) is 0. The van der Waals surface area contributed by atoms with Gasteiger partial charge in [-0.15, -0.1) is 0 Å². The number of carbonyl (C=O) groups excluding carboxylic acids is 1. The summed E-state index contributed by atoms with van der Waals surface area (Å²) in [6.45, 7) is 6.67. The van der Waals surface area contributed by atoms with E-state index in [4.69, 9.17) is 4.74 Å². The SMILES string of the molecule is C=C1/C=C(/CCCCCC)C/C=C\C(OC)=C(\C=O)CN1. The van der Waals surface area contributed by atoms with Gasteiger partial charge in [-0.25, -0.2) is 0 Å². The molecule has 3 heteroatoms. The van der Waals surface area contributed by atoms with Gasteiger partial charge in [-0.3, -0.25) is 4.79 Å². The van der Waals surface area contributed by atoms with E-state index in [2.05, 4.69) is 31.0 Å². The van der Waals surface area contributed by atoms with Crippen LogP contribution < -0.4 is 5.32 Å². The maximum atomic E-state index is 11.1.